The number of hydrogen-bond donors (Lipinski definition) is 0. The van der Waals surface area contributed by atoms with Gasteiger partial charge in [-0.15, -0.1) is 0 Å². The van der Waals surface area contributed by atoms with Crippen LogP contribution in [0, 0.1) is 11.3 Å². The lowest BCUT2D eigenvalue weighted by Gasteiger charge is -2.16. The van der Waals surface area contributed by atoms with Gasteiger partial charge in [-0.25, -0.2) is 0 Å². The Balaban J connectivity index is 2.57. The van der Waals surface area contributed by atoms with Gasteiger partial charge in [0.05, 0.1) is 17.9 Å². The second-order valence-electron chi connectivity index (χ2n) is 4.68. The maximum absolute atomic E-state index is 12.0. The number of fused-ring (bicyclic) bond motifs is 1. The molecule has 1 aliphatic rings. The number of nitrogens with zero attached hydrogens (tertiary/aromatic N) is 2. The van der Waals surface area contributed by atoms with Crippen molar-refractivity contribution in [2.24, 2.45) is 0 Å². The van der Waals surface area contributed by atoms with E-state index in [0.29, 0.717) is 6.42 Å². The third-order valence-electron chi connectivity index (χ3n) is 3.22. The maximum atomic E-state index is 12.0. The fraction of sp³-hybridized carbons (Fsp3) is 0.385. The second-order valence-corrected chi connectivity index (χ2v) is 4.68. The molecule has 0 bridgehead atoms. The van der Waals surface area contributed by atoms with Crippen molar-refractivity contribution in [2.45, 2.75) is 25.7 Å². The molecule has 0 fully saturated rings. The largest absolute Gasteiger partial charge is 0.314 e. The summed E-state index contributed by atoms with van der Waals surface area (Å²) < 4.78 is 0. The van der Waals surface area contributed by atoms with Gasteiger partial charge in [0, 0.05) is 12.7 Å². The van der Waals surface area contributed by atoms with E-state index in [1.807, 2.05) is 32.0 Å². The molecule has 0 radical (unpaired) electrons. The molecule has 1 aliphatic heterocycles. The van der Waals surface area contributed by atoms with Gasteiger partial charge >= 0.3 is 0 Å². The van der Waals surface area contributed by atoms with E-state index >= 15 is 0 Å². The van der Waals surface area contributed by atoms with Gasteiger partial charge in [0.1, 0.15) is 0 Å². The fourth-order valence-corrected chi connectivity index (χ4v) is 2.22. The molecule has 1 aromatic rings. The van der Waals surface area contributed by atoms with Crippen molar-refractivity contribution in [1.82, 2.24) is 0 Å². The van der Waals surface area contributed by atoms with Gasteiger partial charge in [-0.1, -0.05) is 12.1 Å². The van der Waals surface area contributed by atoms with E-state index in [-0.39, 0.29) is 5.91 Å². The van der Waals surface area contributed by atoms with Crippen LogP contribution in [0.2, 0.25) is 0 Å². The number of amides is 1. The fourth-order valence-electron chi connectivity index (χ4n) is 2.22. The van der Waals surface area contributed by atoms with E-state index in [2.05, 4.69) is 6.07 Å². The molecule has 0 aliphatic carbocycles. The van der Waals surface area contributed by atoms with Crippen LogP contribution in [0.3, 0.4) is 0 Å². The summed E-state index contributed by atoms with van der Waals surface area (Å²) in [5, 5.41) is 8.67. The van der Waals surface area contributed by atoms with Crippen molar-refractivity contribution < 1.29 is 4.79 Å². The van der Waals surface area contributed by atoms with Crippen LogP contribution in [0.25, 0.3) is 0 Å². The molecule has 1 heterocycles. The van der Waals surface area contributed by atoms with Gasteiger partial charge in [-0.2, -0.15) is 5.26 Å². The SMILES string of the molecule is CN1C(=O)C(C)(C)c2cc(CC#N)ccc21. The Labute approximate surface area is 95.3 Å². The molecule has 82 valence electrons. The van der Waals surface area contributed by atoms with Crippen molar-refractivity contribution >= 4 is 11.6 Å². The van der Waals surface area contributed by atoms with Crippen molar-refractivity contribution in [1.29, 1.82) is 5.26 Å². The molecular weight excluding hydrogens is 200 g/mol. The average molecular weight is 214 g/mol. The monoisotopic (exact) mass is 214 g/mol. The van der Waals surface area contributed by atoms with Crippen molar-refractivity contribution in [2.75, 3.05) is 11.9 Å². The van der Waals surface area contributed by atoms with Crippen LogP contribution in [-0.2, 0) is 16.6 Å². The maximum Gasteiger partial charge on any atom is 0.236 e. The third-order valence-corrected chi connectivity index (χ3v) is 3.22. The van der Waals surface area contributed by atoms with Crippen LogP contribution in [0.5, 0.6) is 0 Å². The summed E-state index contributed by atoms with van der Waals surface area (Å²) in [6, 6.07) is 7.93. The molecule has 0 unspecified atom stereocenters. The highest BCUT2D eigenvalue weighted by molar-refractivity contribution is 6.07. The van der Waals surface area contributed by atoms with Crippen molar-refractivity contribution in [3.05, 3.63) is 29.3 Å². The van der Waals surface area contributed by atoms with Gasteiger partial charge in [0.15, 0.2) is 0 Å². The van der Waals surface area contributed by atoms with Crippen LogP contribution in [-0.4, -0.2) is 13.0 Å². The lowest BCUT2D eigenvalue weighted by atomic mass is 9.85. The minimum Gasteiger partial charge on any atom is -0.314 e. The van der Waals surface area contributed by atoms with Crippen molar-refractivity contribution in [3.63, 3.8) is 0 Å². The molecule has 3 heteroatoms. The zero-order valence-corrected chi connectivity index (χ0v) is 9.74. The third kappa shape index (κ3) is 1.30. The number of nitriles is 1. The van der Waals surface area contributed by atoms with E-state index in [9.17, 15) is 4.79 Å². The van der Waals surface area contributed by atoms with Crippen LogP contribution < -0.4 is 4.90 Å². The minimum absolute atomic E-state index is 0.108. The number of likely N-dealkylation sites (N-methyl/N-ethyl adjacent to an activating group) is 1. The standard InChI is InChI=1S/C13H14N2O/c1-13(2)10-8-9(6-7-14)4-5-11(10)15(3)12(13)16/h4-5,8H,6H2,1-3H3. The van der Waals surface area contributed by atoms with E-state index in [0.717, 1.165) is 16.8 Å². The number of hydrogen-bond acceptors (Lipinski definition) is 2. The van der Waals surface area contributed by atoms with Gasteiger partial charge in [-0.3, -0.25) is 4.79 Å². The summed E-state index contributed by atoms with van der Waals surface area (Å²) in [6.45, 7) is 3.85. The van der Waals surface area contributed by atoms with E-state index in [1.54, 1.807) is 11.9 Å². The van der Waals surface area contributed by atoms with Crippen LogP contribution in [0.4, 0.5) is 5.69 Å². The molecule has 0 aromatic heterocycles. The van der Waals surface area contributed by atoms with Gasteiger partial charge in [0.25, 0.3) is 0 Å². The Kier molecular flexibility index (Phi) is 2.23. The Morgan fingerprint density at radius 3 is 2.75 bits per heavy atom. The summed E-state index contributed by atoms with van der Waals surface area (Å²) in [5.41, 5.74) is 2.47. The lowest BCUT2D eigenvalue weighted by Crippen LogP contribution is -2.33. The lowest BCUT2D eigenvalue weighted by molar-refractivity contribution is -0.121. The number of carbonyl (C=O) groups is 1. The summed E-state index contributed by atoms with van der Waals surface area (Å²) in [7, 11) is 1.79. The second kappa shape index (κ2) is 3.34. The normalized spacial score (nSPS) is 17.1. The predicted octanol–water partition coefficient (Wildman–Crippen LogP) is 2.01. The first kappa shape index (κ1) is 10.7. The highest BCUT2D eigenvalue weighted by Gasteiger charge is 2.42. The molecular formula is C13H14N2O. The van der Waals surface area contributed by atoms with E-state index in [4.69, 9.17) is 5.26 Å². The molecule has 2 rings (SSSR count). The van der Waals surface area contributed by atoms with Crippen LogP contribution in [0.15, 0.2) is 18.2 Å². The average Bonchev–Trinajstić information content (AvgIpc) is 2.42. The Morgan fingerprint density at radius 1 is 1.44 bits per heavy atom. The number of rotatable bonds is 1. The summed E-state index contributed by atoms with van der Waals surface area (Å²) >= 11 is 0. The van der Waals surface area contributed by atoms with Crippen molar-refractivity contribution in [3.8, 4) is 6.07 Å². The highest BCUT2D eigenvalue weighted by atomic mass is 16.2. The number of carbonyl (C=O) groups excluding carboxylic acids is 1. The Bertz CT molecular complexity index is 497. The molecule has 1 aromatic carbocycles. The first-order valence-electron chi connectivity index (χ1n) is 5.27. The topological polar surface area (TPSA) is 44.1 Å². The van der Waals surface area contributed by atoms with Gasteiger partial charge in [0.2, 0.25) is 5.91 Å². The molecule has 16 heavy (non-hydrogen) atoms. The number of benzene rings is 1. The molecule has 3 nitrogen and oxygen atoms in total. The number of anilines is 1. The van der Waals surface area contributed by atoms with Gasteiger partial charge < -0.3 is 4.90 Å². The molecule has 0 saturated carbocycles. The van der Waals surface area contributed by atoms with Gasteiger partial charge in [-0.05, 0) is 31.0 Å². The molecule has 1 amide bonds. The Hall–Kier alpha value is -1.82. The molecule has 0 spiro atoms. The van der Waals surface area contributed by atoms with E-state index < -0.39 is 5.41 Å². The van der Waals surface area contributed by atoms with Crippen LogP contribution >= 0.6 is 0 Å². The minimum atomic E-state index is -0.477. The zero-order valence-electron chi connectivity index (χ0n) is 9.74. The smallest absolute Gasteiger partial charge is 0.236 e. The summed E-state index contributed by atoms with van der Waals surface area (Å²) in [6.07, 6.45) is 0.390. The Morgan fingerprint density at radius 2 is 2.12 bits per heavy atom. The highest BCUT2D eigenvalue weighted by Crippen LogP contribution is 2.40. The molecule has 0 atom stereocenters. The van der Waals surface area contributed by atoms with E-state index in [1.165, 1.54) is 0 Å². The first-order valence-corrected chi connectivity index (χ1v) is 5.27. The molecule has 0 saturated heterocycles. The molecule has 0 N–H and O–H groups in total. The zero-order chi connectivity index (χ0) is 11.9. The van der Waals surface area contributed by atoms with Crippen LogP contribution in [0.1, 0.15) is 25.0 Å². The first-order chi connectivity index (χ1) is 7.48. The predicted molar refractivity (Wildman–Crippen MR) is 62.2 cm³/mol. The summed E-state index contributed by atoms with van der Waals surface area (Å²) in [5.74, 6) is 0.108. The quantitative estimate of drug-likeness (QED) is 0.717. The summed E-state index contributed by atoms with van der Waals surface area (Å²) in [4.78, 5) is 13.7.